The molecule has 4 heterocycles. The van der Waals surface area contributed by atoms with E-state index in [1.807, 2.05) is 0 Å². The minimum Gasteiger partial charge on any atom is -0.506 e. The van der Waals surface area contributed by atoms with Crippen LogP contribution in [0.3, 0.4) is 0 Å². The van der Waals surface area contributed by atoms with E-state index in [2.05, 4.69) is 31.1 Å². The predicted molar refractivity (Wildman–Crippen MR) is 132 cm³/mol. The van der Waals surface area contributed by atoms with E-state index >= 15 is 0 Å². The summed E-state index contributed by atoms with van der Waals surface area (Å²) in [4.78, 5) is 57.1. The Hall–Kier alpha value is -4.21. The second kappa shape index (κ2) is 9.10. The molecule has 0 bridgehead atoms. The molecule has 0 aliphatic carbocycles. The molecule has 5 rings (SSSR count). The van der Waals surface area contributed by atoms with Crippen LogP contribution in [-0.2, 0) is 22.6 Å². The number of carbonyl (C=O) groups excluding carboxylic acids is 4. The molecule has 1 fully saturated rings. The first-order chi connectivity index (χ1) is 17.3. The Bertz CT molecular complexity index is 1400. The molecule has 1 saturated heterocycles. The van der Waals surface area contributed by atoms with Gasteiger partial charge in [-0.05, 0) is 29.8 Å². The van der Waals surface area contributed by atoms with Gasteiger partial charge < -0.3 is 23.7 Å². The standard InChI is InChI=1S/C22H18IN7O6/c23-36-13-2-1-11-9-30(19(33)14(11)5-13)10-22(20(34)28-21(35)29-22)17(32)6-15-16(31)3-4-18(27-15)26-12-7-24-25-8-12/h1-5,7-8,31H,6,9-10H2,(H,24,25)(H,26,27)(H2,28,29,34,35)/t22-/m0/s1. The average molecular weight is 603 g/mol. The summed E-state index contributed by atoms with van der Waals surface area (Å²) in [6.45, 7) is -0.257. The van der Waals surface area contributed by atoms with Crippen molar-refractivity contribution in [3.8, 4) is 11.5 Å². The number of amides is 4. The number of anilines is 2. The van der Waals surface area contributed by atoms with Gasteiger partial charge in [-0.25, -0.2) is 9.78 Å². The van der Waals surface area contributed by atoms with E-state index < -0.39 is 42.1 Å². The maximum absolute atomic E-state index is 13.5. The van der Waals surface area contributed by atoms with Crippen molar-refractivity contribution in [2.45, 2.75) is 18.5 Å². The van der Waals surface area contributed by atoms with Crippen LogP contribution in [0.4, 0.5) is 16.3 Å². The van der Waals surface area contributed by atoms with Crippen molar-refractivity contribution < 1.29 is 27.4 Å². The number of Topliss-reactive ketones (excluding diaryl/α,β-unsaturated/α-hetero) is 1. The van der Waals surface area contributed by atoms with E-state index in [1.165, 1.54) is 23.2 Å². The number of imide groups is 1. The summed E-state index contributed by atoms with van der Waals surface area (Å²) in [5, 5.41) is 24.2. The first-order valence-electron chi connectivity index (χ1n) is 10.6. The lowest BCUT2D eigenvalue weighted by Gasteiger charge is -2.29. The number of aromatic nitrogens is 3. The van der Waals surface area contributed by atoms with Gasteiger partial charge in [-0.1, -0.05) is 6.07 Å². The second-order valence-corrected chi connectivity index (χ2v) is 8.69. The zero-order valence-electron chi connectivity index (χ0n) is 18.4. The third kappa shape index (κ3) is 4.19. The number of ketones is 1. The van der Waals surface area contributed by atoms with E-state index in [4.69, 9.17) is 3.07 Å². The first-order valence-corrected chi connectivity index (χ1v) is 11.5. The molecule has 0 unspecified atom stereocenters. The molecule has 1 atom stereocenters. The summed E-state index contributed by atoms with van der Waals surface area (Å²) >= 11 is 1.70. The van der Waals surface area contributed by atoms with Crippen molar-refractivity contribution in [1.82, 2.24) is 30.7 Å². The van der Waals surface area contributed by atoms with Gasteiger partial charge in [0, 0.05) is 18.3 Å². The molecule has 0 saturated carbocycles. The van der Waals surface area contributed by atoms with Crippen molar-refractivity contribution in [2.75, 3.05) is 11.9 Å². The number of hydrogen-bond donors (Lipinski definition) is 5. The maximum Gasteiger partial charge on any atom is 0.322 e. The lowest BCUT2D eigenvalue weighted by atomic mass is 9.90. The third-order valence-electron chi connectivity index (χ3n) is 5.94. The topological polar surface area (TPSA) is 179 Å². The van der Waals surface area contributed by atoms with Crippen molar-refractivity contribution in [3.63, 3.8) is 0 Å². The van der Waals surface area contributed by atoms with Crippen LogP contribution in [0, 0.1) is 0 Å². The Balaban J connectivity index is 1.41. The third-order valence-corrected chi connectivity index (χ3v) is 6.45. The minimum absolute atomic E-state index is 0.0123. The van der Waals surface area contributed by atoms with Crippen molar-refractivity contribution in [2.24, 2.45) is 0 Å². The monoisotopic (exact) mass is 603 g/mol. The fourth-order valence-corrected chi connectivity index (χ4v) is 4.43. The van der Waals surface area contributed by atoms with Gasteiger partial charge in [0.2, 0.25) is 0 Å². The number of hydrogen-bond acceptors (Lipinski definition) is 9. The highest BCUT2D eigenvalue weighted by Gasteiger charge is 2.54. The van der Waals surface area contributed by atoms with Crippen molar-refractivity contribution >= 4 is 58.1 Å². The highest BCUT2D eigenvalue weighted by molar-refractivity contribution is 14.1. The average Bonchev–Trinajstić information content (AvgIpc) is 3.55. The zero-order valence-corrected chi connectivity index (χ0v) is 20.5. The Labute approximate surface area is 217 Å². The highest BCUT2D eigenvalue weighted by atomic mass is 127. The van der Waals surface area contributed by atoms with E-state index in [0.717, 1.165) is 0 Å². The van der Waals surface area contributed by atoms with Crippen LogP contribution in [-0.4, -0.2) is 60.9 Å². The number of H-pyrrole nitrogens is 1. The first kappa shape index (κ1) is 23.5. The van der Waals surface area contributed by atoms with Gasteiger partial charge in [-0.2, -0.15) is 5.10 Å². The molecule has 0 spiro atoms. The molecule has 2 aliphatic rings. The summed E-state index contributed by atoms with van der Waals surface area (Å²) in [6.07, 6.45) is 2.63. The van der Waals surface area contributed by atoms with Crippen LogP contribution >= 0.6 is 23.0 Å². The number of aromatic hydroxyl groups is 1. The van der Waals surface area contributed by atoms with Crippen LogP contribution in [0.1, 0.15) is 21.6 Å². The van der Waals surface area contributed by atoms with Crippen LogP contribution in [0.5, 0.6) is 11.5 Å². The Morgan fingerprint density at radius 1 is 1.25 bits per heavy atom. The molecule has 0 radical (unpaired) electrons. The molecule has 14 heteroatoms. The number of aromatic amines is 1. The molecule has 36 heavy (non-hydrogen) atoms. The molecule has 1 aromatic carbocycles. The molecule has 3 aromatic rings. The lowest BCUT2D eigenvalue weighted by molar-refractivity contribution is -0.135. The van der Waals surface area contributed by atoms with Gasteiger partial charge in [0.05, 0.1) is 30.5 Å². The number of carbonyl (C=O) groups is 4. The molecule has 2 aliphatic heterocycles. The summed E-state index contributed by atoms with van der Waals surface area (Å²) in [5.41, 5.74) is -0.385. The number of rotatable bonds is 8. The van der Waals surface area contributed by atoms with E-state index in [1.54, 1.807) is 47.4 Å². The highest BCUT2D eigenvalue weighted by Crippen LogP contribution is 2.30. The van der Waals surface area contributed by atoms with Crippen molar-refractivity contribution in [1.29, 1.82) is 0 Å². The van der Waals surface area contributed by atoms with Gasteiger partial charge in [-0.15, -0.1) is 0 Å². The van der Waals surface area contributed by atoms with Crippen molar-refractivity contribution in [3.05, 3.63) is 59.5 Å². The lowest BCUT2D eigenvalue weighted by Crippen LogP contribution is -2.61. The molecule has 5 N–H and O–H groups in total. The van der Waals surface area contributed by atoms with E-state index in [-0.39, 0.29) is 18.0 Å². The fourth-order valence-electron chi connectivity index (χ4n) is 4.15. The number of nitrogens with zero attached hydrogens (tertiary/aromatic N) is 3. The summed E-state index contributed by atoms with van der Waals surface area (Å²) in [7, 11) is 0. The maximum atomic E-state index is 13.5. The largest absolute Gasteiger partial charge is 0.506 e. The van der Waals surface area contributed by atoms with Gasteiger partial charge in [0.1, 0.15) is 17.3 Å². The van der Waals surface area contributed by atoms with Crippen LogP contribution in [0.15, 0.2) is 42.7 Å². The number of urea groups is 1. The van der Waals surface area contributed by atoms with Crippen LogP contribution in [0.25, 0.3) is 0 Å². The molecule has 13 nitrogen and oxygen atoms in total. The number of nitrogens with one attached hydrogen (secondary N) is 4. The number of halogens is 1. The quantitative estimate of drug-likeness (QED) is 0.144. The minimum atomic E-state index is -2.06. The molecule has 2 aromatic heterocycles. The van der Waals surface area contributed by atoms with Gasteiger partial charge >= 0.3 is 6.03 Å². The zero-order chi connectivity index (χ0) is 25.4. The molecular formula is C22H18IN7O6. The second-order valence-electron chi connectivity index (χ2n) is 8.25. The van der Waals surface area contributed by atoms with Crippen LogP contribution < -0.4 is 19.0 Å². The Morgan fingerprint density at radius 2 is 2.08 bits per heavy atom. The summed E-state index contributed by atoms with van der Waals surface area (Å²) in [6, 6.07) is 7.00. The Kier molecular flexibility index (Phi) is 5.95. The number of pyridine rings is 1. The molecule has 4 amide bonds. The molecule has 184 valence electrons. The SMILES string of the molecule is O=C1NC(=O)[C@](CN2Cc3ccc(OI)cc3C2=O)(C(=O)Cc2nc(Nc3cn[nH]c3)ccc2O)N1. The fraction of sp³-hybridized carbons (Fsp3) is 0.182. The summed E-state index contributed by atoms with van der Waals surface area (Å²) < 4.78 is 5.15. The smallest absolute Gasteiger partial charge is 0.322 e. The van der Waals surface area contributed by atoms with Gasteiger partial charge in [0.25, 0.3) is 11.8 Å². The summed E-state index contributed by atoms with van der Waals surface area (Å²) in [5.74, 6) is -1.50. The van der Waals surface area contributed by atoms with Gasteiger partial charge in [-0.3, -0.25) is 24.8 Å². The number of benzene rings is 1. The van der Waals surface area contributed by atoms with E-state index in [0.29, 0.717) is 28.4 Å². The van der Waals surface area contributed by atoms with Crippen LogP contribution in [0.2, 0.25) is 0 Å². The Morgan fingerprint density at radius 3 is 2.78 bits per heavy atom. The molecular weight excluding hydrogens is 585 g/mol. The van der Waals surface area contributed by atoms with Gasteiger partial charge in [0.15, 0.2) is 34.3 Å². The normalized spacial score (nSPS) is 18.6. The van der Waals surface area contributed by atoms with E-state index in [9.17, 15) is 24.3 Å². The number of fused-ring (bicyclic) bond motifs is 1. The predicted octanol–water partition coefficient (Wildman–Crippen LogP) is 1.33.